The molecular formula is C31H31ClN8O11. The summed E-state index contributed by atoms with van der Waals surface area (Å²) in [6, 6.07) is 15.3. The van der Waals surface area contributed by atoms with Gasteiger partial charge in [-0.15, -0.1) is 30.4 Å². The molecule has 0 fully saturated rings. The second kappa shape index (κ2) is 16.5. The van der Waals surface area contributed by atoms with Gasteiger partial charge in [0.05, 0.1) is 0 Å². The van der Waals surface area contributed by atoms with Crippen LogP contribution in [-0.4, -0.2) is 58.5 Å². The number of hydrogen-bond acceptors (Lipinski definition) is 15. The Morgan fingerprint density at radius 3 is 2.39 bits per heavy atom. The number of esters is 1. The van der Waals surface area contributed by atoms with Gasteiger partial charge in [-0.05, 0) is 41.7 Å². The lowest BCUT2D eigenvalue weighted by molar-refractivity contribution is -0.798. The number of carbonyl (C=O) groups is 1. The van der Waals surface area contributed by atoms with E-state index in [-0.39, 0.29) is 41.8 Å². The number of aromatic nitrogens is 6. The average molecular weight is 727 g/mol. The molecule has 20 heteroatoms. The van der Waals surface area contributed by atoms with Crippen molar-refractivity contribution >= 4 is 17.6 Å². The van der Waals surface area contributed by atoms with Crippen LogP contribution in [0.15, 0.2) is 62.2 Å². The normalized spacial score (nSPS) is 12.3. The average Bonchev–Trinajstić information content (AvgIpc) is 3.83. The SMILES string of the molecule is CCCCc1nc(Cl)c(C(=O)OCc2oc(=O)oc2CC[C@@H](O[N+](=O)[O-])[C@@H](C)O[N+](=O)[O-])n1Cc1ccc(-c2ccccc2-c2nn[nH]n2)cc1. The van der Waals surface area contributed by atoms with Crippen LogP contribution in [-0.2, 0) is 40.4 Å². The highest BCUT2D eigenvalue weighted by Gasteiger charge is 2.28. The van der Waals surface area contributed by atoms with Crippen LogP contribution < -0.4 is 5.82 Å². The molecule has 3 heterocycles. The third-order valence-electron chi connectivity index (χ3n) is 7.78. The summed E-state index contributed by atoms with van der Waals surface area (Å²) < 4.78 is 17.3. The summed E-state index contributed by atoms with van der Waals surface area (Å²) in [4.78, 5) is 60.5. The van der Waals surface area contributed by atoms with Gasteiger partial charge in [0, 0.05) is 24.9 Å². The van der Waals surface area contributed by atoms with E-state index in [9.17, 15) is 29.8 Å². The summed E-state index contributed by atoms with van der Waals surface area (Å²) >= 11 is 6.50. The number of benzene rings is 2. The highest BCUT2D eigenvalue weighted by molar-refractivity contribution is 6.32. The van der Waals surface area contributed by atoms with E-state index in [0.717, 1.165) is 35.1 Å². The zero-order valence-electron chi connectivity index (χ0n) is 27.2. The van der Waals surface area contributed by atoms with Gasteiger partial charge in [-0.1, -0.05) is 73.5 Å². The molecule has 19 nitrogen and oxygen atoms in total. The first-order valence-electron chi connectivity index (χ1n) is 15.6. The van der Waals surface area contributed by atoms with E-state index in [0.29, 0.717) is 18.1 Å². The number of unbranched alkanes of at least 4 members (excludes halogenated alkanes) is 1. The molecule has 0 aliphatic carbocycles. The number of halogens is 1. The molecule has 51 heavy (non-hydrogen) atoms. The summed E-state index contributed by atoms with van der Waals surface area (Å²) in [5.41, 5.74) is 3.41. The van der Waals surface area contributed by atoms with Crippen LogP contribution in [0, 0.1) is 20.2 Å². The minimum absolute atomic E-state index is 0.0214. The third kappa shape index (κ3) is 9.12. The molecule has 0 saturated heterocycles. The Kier molecular flexibility index (Phi) is 11.7. The van der Waals surface area contributed by atoms with Crippen molar-refractivity contribution in [2.24, 2.45) is 0 Å². The van der Waals surface area contributed by atoms with Crippen LogP contribution >= 0.6 is 11.6 Å². The van der Waals surface area contributed by atoms with Crippen LogP contribution in [0.3, 0.4) is 0 Å². The molecule has 268 valence electrons. The number of tetrazole rings is 1. The Morgan fingerprint density at radius 1 is 1.02 bits per heavy atom. The van der Waals surface area contributed by atoms with Crippen LogP contribution in [0.1, 0.15) is 66.5 Å². The van der Waals surface area contributed by atoms with Gasteiger partial charge in [-0.25, -0.2) is 14.6 Å². The number of nitrogens with one attached hydrogen (secondary N) is 1. The largest absolute Gasteiger partial charge is 0.519 e. The summed E-state index contributed by atoms with van der Waals surface area (Å²) in [6.45, 7) is 2.89. The van der Waals surface area contributed by atoms with Crippen LogP contribution in [0.2, 0.25) is 5.15 Å². The molecule has 2 atom stereocenters. The van der Waals surface area contributed by atoms with E-state index in [1.165, 1.54) is 6.92 Å². The fourth-order valence-electron chi connectivity index (χ4n) is 5.33. The van der Waals surface area contributed by atoms with Crippen molar-refractivity contribution in [1.29, 1.82) is 0 Å². The molecule has 0 aliphatic heterocycles. The number of imidazole rings is 1. The van der Waals surface area contributed by atoms with E-state index in [4.69, 9.17) is 25.2 Å². The summed E-state index contributed by atoms with van der Waals surface area (Å²) in [5, 5.41) is 33.7. The molecule has 0 amide bonds. The third-order valence-corrected chi connectivity index (χ3v) is 8.05. The van der Waals surface area contributed by atoms with E-state index >= 15 is 0 Å². The van der Waals surface area contributed by atoms with Crippen molar-refractivity contribution in [1.82, 2.24) is 30.2 Å². The summed E-state index contributed by atoms with van der Waals surface area (Å²) in [7, 11) is 0. The lowest BCUT2D eigenvalue weighted by Crippen LogP contribution is -2.33. The zero-order valence-corrected chi connectivity index (χ0v) is 28.0. The highest BCUT2D eigenvalue weighted by atomic mass is 35.5. The second-order valence-corrected chi connectivity index (χ2v) is 11.5. The molecule has 0 radical (unpaired) electrons. The van der Waals surface area contributed by atoms with Crippen molar-refractivity contribution in [3.8, 4) is 22.5 Å². The van der Waals surface area contributed by atoms with Crippen molar-refractivity contribution in [2.45, 2.75) is 71.3 Å². The Bertz CT molecular complexity index is 2030. The predicted molar refractivity (Wildman–Crippen MR) is 174 cm³/mol. The Balaban J connectivity index is 1.33. The number of aromatic amines is 1. The lowest BCUT2D eigenvalue weighted by Gasteiger charge is -2.19. The smallest absolute Gasteiger partial charge is 0.453 e. The first-order chi connectivity index (χ1) is 24.5. The number of ether oxygens (including phenoxy) is 1. The van der Waals surface area contributed by atoms with Gasteiger partial charge in [0.25, 0.3) is 10.2 Å². The minimum atomic E-state index is -1.40. The van der Waals surface area contributed by atoms with Gasteiger partial charge < -0.3 is 27.8 Å². The minimum Gasteiger partial charge on any atom is -0.453 e. The maximum atomic E-state index is 13.5. The Hall–Kier alpha value is -6.11. The number of aryl methyl sites for hydroxylation is 2. The molecule has 5 rings (SSSR count). The first kappa shape index (κ1) is 36.2. The molecule has 5 aromatic rings. The van der Waals surface area contributed by atoms with E-state index in [1.54, 1.807) is 4.57 Å². The van der Waals surface area contributed by atoms with Crippen molar-refractivity contribution in [3.05, 3.63) is 113 Å². The predicted octanol–water partition coefficient (Wildman–Crippen LogP) is 4.78. The Morgan fingerprint density at radius 2 is 1.73 bits per heavy atom. The highest BCUT2D eigenvalue weighted by Crippen LogP contribution is 2.30. The van der Waals surface area contributed by atoms with Crippen molar-refractivity contribution < 1.29 is 38.2 Å². The van der Waals surface area contributed by atoms with E-state index < -0.39 is 40.8 Å². The van der Waals surface area contributed by atoms with E-state index in [1.807, 2.05) is 55.5 Å². The van der Waals surface area contributed by atoms with Gasteiger partial charge in [-0.2, -0.15) is 5.21 Å². The molecule has 2 aromatic carbocycles. The van der Waals surface area contributed by atoms with Gasteiger partial charge in [-0.3, -0.25) is 0 Å². The first-order valence-corrected chi connectivity index (χ1v) is 16.0. The number of rotatable bonds is 18. The van der Waals surface area contributed by atoms with Crippen LogP contribution in [0.5, 0.6) is 0 Å². The second-order valence-electron chi connectivity index (χ2n) is 11.2. The molecule has 0 spiro atoms. The number of nitrogens with zero attached hydrogens (tertiary/aromatic N) is 7. The van der Waals surface area contributed by atoms with Crippen LogP contribution in [0.25, 0.3) is 22.5 Å². The standard InChI is InChI=1S/C31H31ClN8O11/c1-3-4-9-26-33-28(32)27(38(26)16-19-10-12-20(13-11-19)21-7-5-6-8-22(21)29-34-36-37-35-29)30(41)47-17-25-24(48-31(42)49-25)15-14-23(51-40(45)46)18(2)50-39(43)44/h5-8,10-13,18,23H,3-4,9,14-17H2,1-2H3,(H,34,35,36,37)/t18-,23-/m1/s1. The van der Waals surface area contributed by atoms with Gasteiger partial charge >= 0.3 is 11.8 Å². The molecule has 0 unspecified atom stereocenters. The maximum absolute atomic E-state index is 13.5. The van der Waals surface area contributed by atoms with Gasteiger partial charge in [0.1, 0.15) is 18.0 Å². The zero-order chi connectivity index (χ0) is 36.5. The number of H-pyrrole nitrogens is 1. The van der Waals surface area contributed by atoms with E-state index in [2.05, 4.69) is 35.3 Å². The molecule has 1 N–H and O–H groups in total. The molecular weight excluding hydrogens is 696 g/mol. The lowest BCUT2D eigenvalue weighted by atomic mass is 9.98. The van der Waals surface area contributed by atoms with Crippen molar-refractivity contribution in [2.75, 3.05) is 0 Å². The number of carbonyl (C=O) groups excluding carboxylic acids is 1. The quantitative estimate of drug-likeness (QED) is 0.0724. The fourth-order valence-corrected chi connectivity index (χ4v) is 5.61. The van der Waals surface area contributed by atoms with Gasteiger partial charge in [0.2, 0.25) is 5.82 Å². The summed E-state index contributed by atoms with van der Waals surface area (Å²) in [5.74, 6) is -1.25. The molecule has 0 aliphatic rings. The molecule has 0 bridgehead atoms. The van der Waals surface area contributed by atoms with Crippen LogP contribution in [0.4, 0.5) is 0 Å². The van der Waals surface area contributed by atoms with Crippen molar-refractivity contribution in [3.63, 3.8) is 0 Å². The van der Waals surface area contributed by atoms with Gasteiger partial charge in [0.15, 0.2) is 29.0 Å². The maximum Gasteiger partial charge on any atom is 0.519 e. The molecule has 3 aromatic heterocycles. The number of hydrogen-bond donors (Lipinski definition) is 1. The topological polar surface area (TPSA) is 247 Å². The Labute approximate surface area is 292 Å². The monoisotopic (exact) mass is 726 g/mol. The summed E-state index contributed by atoms with van der Waals surface area (Å²) in [6.07, 6.45) is -1.01. The molecule has 0 saturated carbocycles. The fraction of sp³-hybridized carbons (Fsp3) is 0.355.